The summed E-state index contributed by atoms with van der Waals surface area (Å²) < 4.78 is 6.46. The molecule has 5 nitrogen and oxygen atoms in total. The second-order valence-electron chi connectivity index (χ2n) is 4.70. The summed E-state index contributed by atoms with van der Waals surface area (Å²) in [5, 5.41) is 10.3. The average Bonchev–Trinajstić information content (AvgIpc) is 3.01. The zero-order chi connectivity index (χ0) is 13.8. The highest BCUT2D eigenvalue weighted by atomic mass is 79.9. The van der Waals surface area contributed by atoms with E-state index in [1.165, 1.54) is 5.69 Å². The van der Waals surface area contributed by atoms with E-state index in [0.717, 1.165) is 48.7 Å². The van der Waals surface area contributed by atoms with Crippen LogP contribution in [0.5, 0.6) is 0 Å². The van der Waals surface area contributed by atoms with Crippen molar-refractivity contribution in [3.05, 3.63) is 40.6 Å². The molecule has 0 bridgehead atoms. The molecule has 0 amide bonds. The molecule has 6 heteroatoms. The molecule has 1 fully saturated rings. The van der Waals surface area contributed by atoms with Gasteiger partial charge in [-0.15, -0.1) is 0 Å². The van der Waals surface area contributed by atoms with Gasteiger partial charge in [-0.05, 0) is 40.2 Å². The Bertz CT molecular complexity index is 552. The smallest absolute Gasteiger partial charge is 0.0642 e. The first-order valence-corrected chi connectivity index (χ1v) is 7.46. The molecule has 0 aliphatic carbocycles. The molecule has 0 spiro atoms. The number of aromatic amines is 1. The normalized spacial score (nSPS) is 15.3. The zero-order valence-electron chi connectivity index (χ0n) is 11.1. The quantitative estimate of drug-likeness (QED) is 0.901. The predicted molar refractivity (Wildman–Crippen MR) is 83.1 cm³/mol. The highest BCUT2D eigenvalue weighted by Crippen LogP contribution is 2.28. The second-order valence-corrected chi connectivity index (χ2v) is 5.55. The Morgan fingerprint density at radius 2 is 2.15 bits per heavy atom. The van der Waals surface area contributed by atoms with E-state index in [2.05, 4.69) is 54.5 Å². The van der Waals surface area contributed by atoms with Gasteiger partial charge in [0, 0.05) is 29.4 Å². The van der Waals surface area contributed by atoms with Crippen molar-refractivity contribution in [2.45, 2.75) is 6.54 Å². The van der Waals surface area contributed by atoms with Gasteiger partial charge in [-0.2, -0.15) is 5.10 Å². The first kappa shape index (κ1) is 13.5. The van der Waals surface area contributed by atoms with Crippen LogP contribution in [0.3, 0.4) is 0 Å². The minimum atomic E-state index is 0.727. The van der Waals surface area contributed by atoms with Gasteiger partial charge in [0.05, 0.1) is 31.1 Å². The van der Waals surface area contributed by atoms with Crippen LogP contribution in [-0.4, -0.2) is 36.5 Å². The van der Waals surface area contributed by atoms with Gasteiger partial charge in [-0.3, -0.25) is 5.10 Å². The number of anilines is 2. The Balaban J connectivity index is 1.72. The summed E-state index contributed by atoms with van der Waals surface area (Å²) in [5.41, 5.74) is 3.38. The van der Waals surface area contributed by atoms with Crippen LogP contribution in [0.25, 0.3) is 0 Å². The lowest BCUT2D eigenvalue weighted by atomic mass is 10.2. The number of H-pyrrole nitrogens is 1. The number of halogens is 1. The average molecular weight is 337 g/mol. The summed E-state index contributed by atoms with van der Waals surface area (Å²) in [6, 6.07) is 8.36. The summed E-state index contributed by atoms with van der Waals surface area (Å²) in [6.07, 6.45) is 1.76. The van der Waals surface area contributed by atoms with E-state index >= 15 is 0 Å². The molecule has 0 unspecified atom stereocenters. The summed E-state index contributed by atoms with van der Waals surface area (Å²) >= 11 is 3.59. The van der Waals surface area contributed by atoms with E-state index in [9.17, 15) is 0 Å². The monoisotopic (exact) mass is 336 g/mol. The molecule has 0 saturated carbocycles. The maximum absolute atomic E-state index is 5.39. The Labute approximate surface area is 126 Å². The molecule has 0 radical (unpaired) electrons. The third-order valence-electron chi connectivity index (χ3n) is 3.35. The minimum Gasteiger partial charge on any atom is -0.378 e. The second kappa shape index (κ2) is 6.28. The largest absolute Gasteiger partial charge is 0.378 e. The number of benzene rings is 1. The highest BCUT2D eigenvalue weighted by molar-refractivity contribution is 9.10. The number of nitrogens with one attached hydrogen (secondary N) is 2. The Hall–Kier alpha value is -1.53. The van der Waals surface area contributed by atoms with Crippen molar-refractivity contribution in [3.8, 4) is 0 Å². The zero-order valence-corrected chi connectivity index (χ0v) is 12.7. The molecule has 1 aromatic heterocycles. The topological polar surface area (TPSA) is 53.2 Å². The van der Waals surface area contributed by atoms with Crippen LogP contribution in [0.15, 0.2) is 34.9 Å². The van der Waals surface area contributed by atoms with Crippen molar-refractivity contribution < 1.29 is 4.74 Å². The molecular formula is C14H17BrN4O. The molecule has 1 aliphatic rings. The van der Waals surface area contributed by atoms with Crippen molar-refractivity contribution in [2.75, 3.05) is 36.5 Å². The fourth-order valence-corrected chi connectivity index (χ4v) is 2.63. The van der Waals surface area contributed by atoms with Crippen molar-refractivity contribution >= 4 is 27.3 Å². The van der Waals surface area contributed by atoms with Gasteiger partial charge in [0.25, 0.3) is 0 Å². The van der Waals surface area contributed by atoms with E-state index in [4.69, 9.17) is 4.74 Å². The SMILES string of the molecule is Brc1ccc(N2CCOCC2)cc1NCc1ccn[nH]1. The molecule has 2 heterocycles. The molecule has 20 heavy (non-hydrogen) atoms. The van der Waals surface area contributed by atoms with Crippen LogP contribution < -0.4 is 10.2 Å². The predicted octanol–water partition coefficient (Wildman–Crippen LogP) is 2.62. The van der Waals surface area contributed by atoms with Crippen molar-refractivity contribution in [2.24, 2.45) is 0 Å². The molecule has 1 aromatic carbocycles. The van der Waals surface area contributed by atoms with Crippen LogP contribution in [0.1, 0.15) is 5.69 Å². The molecular weight excluding hydrogens is 320 g/mol. The van der Waals surface area contributed by atoms with Gasteiger partial charge < -0.3 is 15.0 Å². The van der Waals surface area contributed by atoms with E-state index in [1.54, 1.807) is 6.20 Å². The standard InChI is InChI=1S/C14H17BrN4O/c15-13-2-1-12(19-5-7-20-8-6-19)9-14(13)16-10-11-3-4-17-18-11/h1-4,9,16H,5-8,10H2,(H,17,18). The van der Waals surface area contributed by atoms with Gasteiger partial charge >= 0.3 is 0 Å². The van der Waals surface area contributed by atoms with E-state index in [-0.39, 0.29) is 0 Å². The fourth-order valence-electron chi connectivity index (χ4n) is 2.24. The first-order chi connectivity index (χ1) is 9.83. The molecule has 2 N–H and O–H groups in total. The summed E-state index contributed by atoms with van der Waals surface area (Å²) in [4.78, 5) is 2.34. The minimum absolute atomic E-state index is 0.727. The third kappa shape index (κ3) is 3.13. The van der Waals surface area contributed by atoms with Crippen molar-refractivity contribution in [3.63, 3.8) is 0 Å². The van der Waals surface area contributed by atoms with Crippen LogP contribution >= 0.6 is 15.9 Å². The van der Waals surface area contributed by atoms with Gasteiger partial charge in [-0.25, -0.2) is 0 Å². The van der Waals surface area contributed by atoms with Gasteiger partial charge in [-0.1, -0.05) is 0 Å². The van der Waals surface area contributed by atoms with Gasteiger partial charge in [0.15, 0.2) is 0 Å². The van der Waals surface area contributed by atoms with Crippen LogP contribution in [-0.2, 0) is 11.3 Å². The fraction of sp³-hybridized carbons (Fsp3) is 0.357. The molecule has 1 saturated heterocycles. The molecule has 3 rings (SSSR count). The molecule has 106 valence electrons. The number of ether oxygens (including phenoxy) is 1. The number of hydrogen-bond acceptors (Lipinski definition) is 4. The molecule has 2 aromatic rings. The third-order valence-corrected chi connectivity index (χ3v) is 4.05. The van der Waals surface area contributed by atoms with E-state index < -0.39 is 0 Å². The lowest BCUT2D eigenvalue weighted by molar-refractivity contribution is 0.122. The number of morpholine rings is 1. The first-order valence-electron chi connectivity index (χ1n) is 6.67. The van der Waals surface area contributed by atoms with Crippen LogP contribution in [0, 0.1) is 0 Å². The van der Waals surface area contributed by atoms with E-state index in [0.29, 0.717) is 0 Å². The summed E-state index contributed by atoms with van der Waals surface area (Å²) in [7, 11) is 0. The highest BCUT2D eigenvalue weighted by Gasteiger charge is 2.12. The van der Waals surface area contributed by atoms with E-state index in [1.807, 2.05) is 6.07 Å². The van der Waals surface area contributed by atoms with Gasteiger partial charge in [0.1, 0.15) is 0 Å². The van der Waals surface area contributed by atoms with Crippen LogP contribution in [0.4, 0.5) is 11.4 Å². The van der Waals surface area contributed by atoms with Crippen LogP contribution in [0.2, 0.25) is 0 Å². The Kier molecular flexibility index (Phi) is 4.22. The maximum Gasteiger partial charge on any atom is 0.0642 e. The maximum atomic E-state index is 5.39. The lowest BCUT2D eigenvalue weighted by Crippen LogP contribution is -2.36. The van der Waals surface area contributed by atoms with Gasteiger partial charge in [0.2, 0.25) is 0 Å². The Morgan fingerprint density at radius 3 is 2.90 bits per heavy atom. The summed E-state index contributed by atoms with van der Waals surface area (Å²) in [5.74, 6) is 0. The number of aromatic nitrogens is 2. The van der Waals surface area contributed by atoms with Crippen molar-refractivity contribution in [1.82, 2.24) is 10.2 Å². The summed E-state index contributed by atoms with van der Waals surface area (Å²) in [6.45, 7) is 4.22. The number of nitrogens with zero attached hydrogens (tertiary/aromatic N) is 2. The molecule has 1 aliphatic heterocycles. The lowest BCUT2D eigenvalue weighted by Gasteiger charge is -2.29. The number of hydrogen-bond donors (Lipinski definition) is 2. The molecule has 0 atom stereocenters. The Morgan fingerprint density at radius 1 is 1.30 bits per heavy atom. The van der Waals surface area contributed by atoms with Crippen molar-refractivity contribution in [1.29, 1.82) is 0 Å². The number of rotatable bonds is 4.